The van der Waals surface area contributed by atoms with Gasteiger partial charge in [0.1, 0.15) is 0 Å². The summed E-state index contributed by atoms with van der Waals surface area (Å²) >= 11 is 0. The highest BCUT2D eigenvalue weighted by Crippen LogP contribution is 2.30. The molecule has 1 aliphatic heterocycles. The Kier molecular flexibility index (Phi) is 6.79. The van der Waals surface area contributed by atoms with E-state index in [-0.39, 0.29) is 0 Å². The van der Waals surface area contributed by atoms with Gasteiger partial charge < -0.3 is 20.1 Å². The number of para-hydroxylation sites is 1. The molecule has 21 heavy (non-hydrogen) atoms. The van der Waals surface area contributed by atoms with E-state index >= 15 is 0 Å². The molecule has 5 heteroatoms. The Labute approximate surface area is 127 Å². The van der Waals surface area contributed by atoms with Gasteiger partial charge in [-0.15, -0.1) is 0 Å². The van der Waals surface area contributed by atoms with Crippen molar-refractivity contribution in [2.75, 3.05) is 53.0 Å². The fourth-order valence-corrected chi connectivity index (χ4v) is 2.56. The molecule has 1 fully saturated rings. The molecular weight excluding hydrogens is 266 g/mol. The first-order valence-electron chi connectivity index (χ1n) is 7.77. The second-order valence-corrected chi connectivity index (χ2v) is 5.15. The van der Waals surface area contributed by atoms with Gasteiger partial charge in [0.25, 0.3) is 0 Å². The number of hydrogen-bond donors (Lipinski definition) is 2. The Hall–Kier alpha value is -1.30. The topological polar surface area (TPSA) is 45.8 Å². The number of benzene rings is 1. The maximum Gasteiger partial charge on any atom is 0.165 e. The lowest BCUT2D eigenvalue weighted by Crippen LogP contribution is -2.45. The Morgan fingerprint density at radius 2 is 2.10 bits per heavy atom. The van der Waals surface area contributed by atoms with Crippen molar-refractivity contribution in [1.29, 1.82) is 0 Å². The maximum atomic E-state index is 5.72. The van der Waals surface area contributed by atoms with Crippen LogP contribution in [0.2, 0.25) is 0 Å². The summed E-state index contributed by atoms with van der Waals surface area (Å²) < 4.78 is 11.1. The Balaban J connectivity index is 1.81. The van der Waals surface area contributed by atoms with Gasteiger partial charge in [0.15, 0.2) is 11.5 Å². The van der Waals surface area contributed by atoms with Crippen LogP contribution in [0.3, 0.4) is 0 Å². The highest BCUT2D eigenvalue weighted by molar-refractivity contribution is 5.46. The molecule has 0 radical (unpaired) electrons. The first kappa shape index (κ1) is 16.1. The van der Waals surface area contributed by atoms with E-state index in [1.807, 2.05) is 19.1 Å². The van der Waals surface area contributed by atoms with Crippen molar-refractivity contribution < 1.29 is 9.47 Å². The minimum atomic E-state index is 0.647. The van der Waals surface area contributed by atoms with Crippen LogP contribution in [0.25, 0.3) is 0 Å². The molecule has 0 spiro atoms. The predicted octanol–water partition coefficient (Wildman–Crippen LogP) is 1.09. The van der Waals surface area contributed by atoms with Gasteiger partial charge in [-0.3, -0.25) is 4.90 Å². The summed E-state index contributed by atoms with van der Waals surface area (Å²) in [4.78, 5) is 2.48. The second-order valence-electron chi connectivity index (χ2n) is 5.15. The molecule has 0 unspecified atom stereocenters. The Morgan fingerprint density at radius 3 is 2.81 bits per heavy atom. The summed E-state index contributed by atoms with van der Waals surface area (Å²) in [6.07, 6.45) is 0. The smallest absolute Gasteiger partial charge is 0.165 e. The normalized spacial score (nSPS) is 15.9. The van der Waals surface area contributed by atoms with E-state index < -0.39 is 0 Å². The first-order chi connectivity index (χ1) is 10.3. The standard InChI is InChI=1S/C16H27N3O2/c1-3-21-16-14(5-4-6-15(16)20-2)13-18-9-12-19-10-7-17-8-11-19/h4-6,17-18H,3,7-13H2,1-2H3. The van der Waals surface area contributed by atoms with Crippen LogP contribution < -0.4 is 20.1 Å². The molecule has 118 valence electrons. The van der Waals surface area contributed by atoms with Crippen molar-refractivity contribution in [2.24, 2.45) is 0 Å². The van der Waals surface area contributed by atoms with Gasteiger partial charge in [0.05, 0.1) is 13.7 Å². The molecule has 0 atom stereocenters. The van der Waals surface area contributed by atoms with Gasteiger partial charge in [-0.1, -0.05) is 12.1 Å². The largest absolute Gasteiger partial charge is 0.493 e. The van der Waals surface area contributed by atoms with E-state index in [0.29, 0.717) is 6.61 Å². The number of piperazine rings is 1. The van der Waals surface area contributed by atoms with Crippen LogP contribution >= 0.6 is 0 Å². The molecule has 1 aromatic carbocycles. The predicted molar refractivity (Wildman–Crippen MR) is 85.2 cm³/mol. The minimum absolute atomic E-state index is 0.647. The third-order valence-corrected chi connectivity index (χ3v) is 3.70. The van der Waals surface area contributed by atoms with Gasteiger partial charge in [-0.25, -0.2) is 0 Å². The highest BCUT2D eigenvalue weighted by Gasteiger charge is 2.11. The van der Waals surface area contributed by atoms with E-state index in [2.05, 4.69) is 21.6 Å². The maximum absolute atomic E-state index is 5.72. The molecule has 0 amide bonds. The van der Waals surface area contributed by atoms with Gasteiger partial charge >= 0.3 is 0 Å². The van der Waals surface area contributed by atoms with Gasteiger partial charge in [-0.2, -0.15) is 0 Å². The summed E-state index contributed by atoms with van der Waals surface area (Å²) in [6.45, 7) is 10.0. The SMILES string of the molecule is CCOc1c(CNCCN2CCNCC2)cccc1OC. The highest BCUT2D eigenvalue weighted by atomic mass is 16.5. The molecule has 0 saturated carbocycles. The van der Waals surface area contributed by atoms with Crippen LogP contribution in [0.5, 0.6) is 11.5 Å². The first-order valence-corrected chi connectivity index (χ1v) is 7.77. The van der Waals surface area contributed by atoms with E-state index in [1.165, 1.54) is 0 Å². The van der Waals surface area contributed by atoms with Crippen LogP contribution in [0, 0.1) is 0 Å². The van der Waals surface area contributed by atoms with Gasteiger partial charge in [0.2, 0.25) is 0 Å². The lowest BCUT2D eigenvalue weighted by atomic mass is 10.2. The number of methoxy groups -OCH3 is 1. The molecule has 2 N–H and O–H groups in total. The molecule has 2 rings (SSSR count). The Morgan fingerprint density at radius 1 is 1.29 bits per heavy atom. The van der Waals surface area contributed by atoms with Crippen molar-refractivity contribution in [2.45, 2.75) is 13.5 Å². The molecule has 0 bridgehead atoms. The minimum Gasteiger partial charge on any atom is -0.493 e. The number of nitrogens with zero attached hydrogens (tertiary/aromatic N) is 1. The summed E-state index contributed by atoms with van der Waals surface area (Å²) in [5.74, 6) is 1.66. The van der Waals surface area contributed by atoms with E-state index in [9.17, 15) is 0 Å². The van der Waals surface area contributed by atoms with E-state index in [1.54, 1.807) is 7.11 Å². The molecule has 1 aromatic rings. The van der Waals surface area contributed by atoms with Crippen molar-refractivity contribution in [3.05, 3.63) is 23.8 Å². The molecule has 0 aromatic heterocycles. The van der Waals surface area contributed by atoms with Crippen molar-refractivity contribution in [3.63, 3.8) is 0 Å². The molecule has 1 heterocycles. The summed E-state index contributed by atoms with van der Waals surface area (Å²) in [5.41, 5.74) is 1.15. The molecule has 1 aliphatic rings. The van der Waals surface area contributed by atoms with Crippen LogP contribution in [0.4, 0.5) is 0 Å². The van der Waals surface area contributed by atoms with Crippen LogP contribution in [-0.4, -0.2) is 57.9 Å². The van der Waals surface area contributed by atoms with E-state index in [0.717, 1.165) is 62.9 Å². The lowest BCUT2D eigenvalue weighted by Gasteiger charge is -2.27. The monoisotopic (exact) mass is 293 g/mol. The number of rotatable bonds is 8. The fraction of sp³-hybridized carbons (Fsp3) is 0.625. The molecular formula is C16H27N3O2. The third-order valence-electron chi connectivity index (χ3n) is 3.70. The average Bonchev–Trinajstić information content (AvgIpc) is 2.54. The molecule has 0 aliphatic carbocycles. The second kappa shape index (κ2) is 8.87. The number of hydrogen-bond acceptors (Lipinski definition) is 5. The summed E-state index contributed by atoms with van der Waals surface area (Å²) in [7, 11) is 1.68. The van der Waals surface area contributed by atoms with Crippen molar-refractivity contribution in [3.8, 4) is 11.5 Å². The lowest BCUT2D eigenvalue weighted by molar-refractivity contribution is 0.240. The number of nitrogens with one attached hydrogen (secondary N) is 2. The zero-order valence-electron chi connectivity index (χ0n) is 13.2. The van der Waals surface area contributed by atoms with Crippen molar-refractivity contribution >= 4 is 0 Å². The van der Waals surface area contributed by atoms with Crippen molar-refractivity contribution in [1.82, 2.24) is 15.5 Å². The van der Waals surface area contributed by atoms with Gasteiger partial charge in [0, 0.05) is 51.4 Å². The Bertz CT molecular complexity index is 420. The summed E-state index contributed by atoms with van der Waals surface area (Å²) in [5, 5.41) is 6.87. The average molecular weight is 293 g/mol. The quantitative estimate of drug-likeness (QED) is 0.703. The fourth-order valence-electron chi connectivity index (χ4n) is 2.56. The molecule has 1 saturated heterocycles. The third kappa shape index (κ3) is 4.88. The van der Waals surface area contributed by atoms with Gasteiger partial charge in [-0.05, 0) is 13.0 Å². The molecule has 5 nitrogen and oxygen atoms in total. The zero-order valence-corrected chi connectivity index (χ0v) is 13.2. The zero-order chi connectivity index (χ0) is 14.9. The summed E-state index contributed by atoms with van der Waals surface area (Å²) in [6, 6.07) is 6.04. The number of ether oxygens (including phenoxy) is 2. The van der Waals surface area contributed by atoms with Crippen LogP contribution in [0.1, 0.15) is 12.5 Å². The van der Waals surface area contributed by atoms with E-state index in [4.69, 9.17) is 9.47 Å². The van der Waals surface area contributed by atoms with Crippen LogP contribution in [0.15, 0.2) is 18.2 Å². The van der Waals surface area contributed by atoms with Crippen LogP contribution in [-0.2, 0) is 6.54 Å².